The smallest absolute Gasteiger partial charge is 0.255 e. The summed E-state index contributed by atoms with van der Waals surface area (Å²) in [5.41, 5.74) is 3.48. The Bertz CT molecular complexity index is 914. The van der Waals surface area contributed by atoms with Crippen LogP contribution in [0.3, 0.4) is 0 Å². The van der Waals surface area contributed by atoms with Crippen LogP contribution in [-0.4, -0.2) is 69.5 Å². The van der Waals surface area contributed by atoms with Gasteiger partial charge in [0.2, 0.25) is 0 Å². The third kappa shape index (κ3) is 3.86. The predicted octanol–water partition coefficient (Wildman–Crippen LogP) is 2.14. The summed E-state index contributed by atoms with van der Waals surface area (Å²) in [4.78, 5) is 21.7. The van der Waals surface area contributed by atoms with Crippen molar-refractivity contribution in [2.24, 2.45) is 0 Å². The van der Waals surface area contributed by atoms with E-state index in [-0.39, 0.29) is 12.5 Å². The minimum absolute atomic E-state index is 0.0636. The topological polar surface area (TPSA) is 61.1 Å². The van der Waals surface area contributed by atoms with E-state index < -0.39 is 0 Å². The van der Waals surface area contributed by atoms with Crippen LogP contribution in [0.15, 0.2) is 54.9 Å². The standard InChI is InChI=1S/C21H24N4O2/c26-14-4-9-23-10-12-24(13-11-23)21(27)18-7-8-20-22-19(16-25(20)15-18)17-5-2-1-3-6-17/h1-3,5-8,15-16,26H,4,9-14H2. The van der Waals surface area contributed by atoms with Crippen molar-refractivity contribution in [1.29, 1.82) is 0 Å². The van der Waals surface area contributed by atoms with Crippen LogP contribution >= 0.6 is 0 Å². The molecule has 1 fully saturated rings. The first-order valence-corrected chi connectivity index (χ1v) is 9.41. The van der Waals surface area contributed by atoms with Gasteiger partial charge in [-0.15, -0.1) is 0 Å². The molecule has 0 radical (unpaired) electrons. The highest BCUT2D eigenvalue weighted by molar-refractivity contribution is 5.94. The zero-order chi connectivity index (χ0) is 18.6. The number of pyridine rings is 1. The Balaban J connectivity index is 1.48. The molecule has 0 spiro atoms. The van der Waals surface area contributed by atoms with Crippen molar-refractivity contribution < 1.29 is 9.90 Å². The van der Waals surface area contributed by atoms with Crippen molar-refractivity contribution in [3.05, 3.63) is 60.4 Å². The molecule has 0 atom stereocenters. The van der Waals surface area contributed by atoms with Gasteiger partial charge in [-0.1, -0.05) is 30.3 Å². The van der Waals surface area contributed by atoms with Crippen LogP contribution in [0, 0.1) is 0 Å². The number of carbonyl (C=O) groups excluding carboxylic acids is 1. The van der Waals surface area contributed by atoms with E-state index in [1.54, 1.807) is 0 Å². The number of rotatable bonds is 5. The van der Waals surface area contributed by atoms with Gasteiger partial charge in [-0.25, -0.2) is 4.98 Å². The lowest BCUT2D eigenvalue weighted by Crippen LogP contribution is -2.49. The number of benzene rings is 1. The molecule has 1 aliphatic rings. The van der Waals surface area contributed by atoms with Crippen molar-refractivity contribution in [2.45, 2.75) is 6.42 Å². The molecule has 0 bridgehead atoms. The molecule has 27 heavy (non-hydrogen) atoms. The monoisotopic (exact) mass is 364 g/mol. The van der Waals surface area contributed by atoms with E-state index in [9.17, 15) is 4.79 Å². The van der Waals surface area contributed by atoms with Crippen LogP contribution < -0.4 is 0 Å². The van der Waals surface area contributed by atoms with Gasteiger partial charge < -0.3 is 14.4 Å². The van der Waals surface area contributed by atoms with Gasteiger partial charge >= 0.3 is 0 Å². The Labute approximate surface area is 158 Å². The molecule has 0 saturated carbocycles. The van der Waals surface area contributed by atoms with Gasteiger partial charge in [0, 0.05) is 57.3 Å². The normalized spacial score (nSPS) is 15.4. The summed E-state index contributed by atoms with van der Waals surface area (Å²) >= 11 is 0. The first-order valence-electron chi connectivity index (χ1n) is 9.41. The molecule has 2 aromatic heterocycles. The molecule has 6 heteroatoms. The fraction of sp³-hybridized carbons (Fsp3) is 0.333. The number of aliphatic hydroxyl groups excluding tert-OH is 1. The molecular weight excluding hydrogens is 340 g/mol. The number of carbonyl (C=O) groups is 1. The lowest BCUT2D eigenvalue weighted by atomic mass is 10.2. The van der Waals surface area contributed by atoms with Crippen molar-refractivity contribution in [1.82, 2.24) is 19.2 Å². The number of amides is 1. The maximum absolute atomic E-state index is 12.9. The average molecular weight is 364 g/mol. The lowest BCUT2D eigenvalue weighted by Gasteiger charge is -2.34. The van der Waals surface area contributed by atoms with Gasteiger partial charge in [-0.2, -0.15) is 0 Å². The van der Waals surface area contributed by atoms with Crippen LogP contribution in [-0.2, 0) is 0 Å². The number of piperazine rings is 1. The average Bonchev–Trinajstić information content (AvgIpc) is 3.16. The van der Waals surface area contributed by atoms with Gasteiger partial charge in [-0.05, 0) is 18.6 Å². The summed E-state index contributed by atoms with van der Waals surface area (Å²) in [6, 6.07) is 13.8. The van der Waals surface area contributed by atoms with Crippen LogP contribution in [0.2, 0.25) is 0 Å². The van der Waals surface area contributed by atoms with Crippen molar-refractivity contribution in [3.63, 3.8) is 0 Å². The zero-order valence-electron chi connectivity index (χ0n) is 15.3. The van der Waals surface area contributed by atoms with Crippen LogP contribution in [0.5, 0.6) is 0 Å². The number of nitrogens with zero attached hydrogens (tertiary/aromatic N) is 4. The highest BCUT2D eigenvalue weighted by atomic mass is 16.3. The van der Waals surface area contributed by atoms with Crippen molar-refractivity contribution >= 4 is 11.6 Å². The summed E-state index contributed by atoms with van der Waals surface area (Å²) in [7, 11) is 0. The van der Waals surface area contributed by atoms with E-state index in [0.717, 1.165) is 56.0 Å². The van der Waals surface area contributed by atoms with E-state index in [0.29, 0.717) is 5.56 Å². The number of imidazole rings is 1. The minimum atomic E-state index is 0.0636. The van der Waals surface area contributed by atoms with Gasteiger partial charge in [0.05, 0.1) is 11.3 Å². The summed E-state index contributed by atoms with van der Waals surface area (Å²) in [5.74, 6) is 0.0636. The Morgan fingerprint density at radius 3 is 2.52 bits per heavy atom. The van der Waals surface area contributed by atoms with E-state index in [1.165, 1.54) is 0 Å². The van der Waals surface area contributed by atoms with Crippen LogP contribution in [0.25, 0.3) is 16.9 Å². The number of aliphatic hydroxyl groups is 1. The van der Waals surface area contributed by atoms with Crippen LogP contribution in [0.4, 0.5) is 0 Å². The quantitative estimate of drug-likeness (QED) is 0.754. The number of fused-ring (bicyclic) bond motifs is 1. The van der Waals surface area contributed by atoms with E-state index >= 15 is 0 Å². The van der Waals surface area contributed by atoms with Crippen molar-refractivity contribution in [2.75, 3.05) is 39.3 Å². The molecule has 1 aliphatic heterocycles. The highest BCUT2D eigenvalue weighted by Crippen LogP contribution is 2.19. The minimum Gasteiger partial charge on any atom is -0.396 e. The molecule has 1 N–H and O–H groups in total. The largest absolute Gasteiger partial charge is 0.396 e. The van der Waals surface area contributed by atoms with Gasteiger partial charge in [0.25, 0.3) is 5.91 Å². The summed E-state index contributed by atoms with van der Waals surface area (Å²) in [5, 5.41) is 8.95. The van der Waals surface area contributed by atoms with E-state index in [4.69, 9.17) is 5.11 Å². The maximum atomic E-state index is 12.9. The maximum Gasteiger partial charge on any atom is 0.255 e. The molecule has 1 saturated heterocycles. The predicted molar refractivity (Wildman–Crippen MR) is 105 cm³/mol. The zero-order valence-corrected chi connectivity index (χ0v) is 15.3. The number of hydrogen-bond acceptors (Lipinski definition) is 4. The molecule has 4 rings (SSSR count). The fourth-order valence-electron chi connectivity index (χ4n) is 3.52. The SMILES string of the molecule is O=C(c1ccc2nc(-c3ccccc3)cn2c1)N1CCN(CCCO)CC1. The Hall–Kier alpha value is -2.70. The molecule has 0 aliphatic carbocycles. The molecule has 3 heterocycles. The first kappa shape index (κ1) is 17.7. The fourth-order valence-corrected chi connectivity index (χ4v) is 3.52. The van der Waals surface area contributed by atoms with E-state index in [2.05, 4.69) is 9.88 Å². The molecule has 140 valence electrons. The number of aromatic nitrogens is 2. The number of hydrogen-bond donors (Lipinski definition) is 1. The molecule has 1 aromatic carbocycles. The molecular formula is C21H24N4O2. The lowest BCUT2D eigenvalue weighted by molar-refractivity contribution is 0.0628. The second-order valence-corrected chi connectivity index (χ2v) is 6.89. The van der Waals surface area contributed by atoms with Crippen LogP contribution in [0.1, 0.15) is 16.8 Å². The van der Waals surface area contributed by atoms with E-state index in [1.807, 2.05) is 64.2 Å². The van der Waals surface area contributed by atoms with Gasteiger partial charge in [0.1, 0.15) is 5.65 Å². The molecule has 6 nitrogen and oxygen atoms in total. The third-order valence-corrected chi connectivity index (χ3v) is 5.06. The Morgan fingerprint density at radius 1 is 1.00 bits per heavy atom. The van der Waals surface area contributed by atoms with Gasteiger partial charge in [-0.3, -0.25) is 9.69 Å². The third-order valence-electron chi connectivity index (χ3n) is 5.06. The first-order chi connectivity index (χ1) is 13.2. The summed E-state index contributed by atoms with van der Waals surface area (Å²) in [6.07, 6.45) is 4.62. The molecule has 1 amide bonds. The van der Waals surface area contributed by atoms with Gasteiger partial charge in [0.15, 0.2) is 0 Å². The summed E-state index contributed by atoms with van der Waals surface area (Å²) in [6.45, 7) is 4.27. The highest BCUT2D eigenvalue weighted by Gasteiger charge is 2.22. The molecule has 3 aromatic rings. The Kier molecular flexibility index (Phi) is 5.18. The second kappa shape index (κ2) is 7.90. The molecule has 0 unspecified atom stereocenters. The summed E-state index contributed by atoms with van der Waals surface area (Å²) < 4.78 is 1.92. The van der Waals surface area contributed by atoms with Crippen molar-refractivity contribution in [3.8, 4) is 11.3 Å². The second-order valence-electron chi connectivity index (χ2n) is 6.89. The Morgan fingerprint density at radius 2 is 1.78 bits per heavy atom.